The van der Waals surface area contributed by atoms with Gasteiger partial charge < -0.3 is 15.6 Å². The first-order valence-electron chi connectivity index (χ1n) is 6.68. The highest BCUT2D eigenvalue weighted by atomic mass is 15.0. The Kier molecular flexibility index (Phi) is 4.39. The fourth-order valence-corrected chi connectivity index (χ4v) is 2.23. The molecule has 0 aliphatic heterocycles. The van der Waals surface area contributed by atoms with Gasteiger partial charge in [0.15, 0.2) is 0 Å². The van der Waals surface area contributed by atoms with Crippen molar-refractivity contribution in [3.05, 3.63) is 35.5 Å². The number of H-pyrrole nitrogens is 1. The van der Waals surface area contributed by atoms with Crippen LogP contribution in [0.15, 0.2) is 24.3 Å². The van der Waals surface area contributed by atoms with Crippen LogP contribution < -0.4 is 10.6 Å². The van der Waals surface area contributed by atoms with E-state index in [0.717, 1.165) is 19.6 Å². The minimum Gasteiger partial charge on any atom is -0.358 e. The third kappa shape index (κ3) is 3.12. The Bertz CT molecular complexity index is 499. The molecule has 2 aromatic rings. The standard InChI is InChI=1S/C15H23N3/c1-11(2)17-9-8-16-10-14-12(3)18-15-7-5-4-6-13(14)15/h4-7,11,16-18H,8-10H2,1-3H3. The Morgan fingerprint density at radius 2 is 1.94 bits per heavy atom. The smallest absolute Gasteiger partial charge is 0.0459 e. The van der Waals surface area contributed by atoms with Crippen molar-refractivity contribution in [3.8, 4) is 0 Å². The summed E-state index contributed by atoms with van der Waals surface area (Å²) in [7, 11) is 0. The number of aryl methyl sites for hydroxylation is 1. The van der Waals surface area contributed by atoms with Gasteiger partial charge >= 0.3 is 0 Å². The van der Waals surface area contributed by atoms with E-state index >= 15 is 0 Å². The van der Waals surface area contributed by atoms with Crippen molar-refractivity contribution in [2.24, 2.45) is 0 Å². The zero-order valence-electron chi connectivity index (χ0n) is 11.5. The Hall–Kier alpha value is -1.32. The first kappa shape index (κ1) is 13.1. The second kappa shape index (κ2) is 6.03. The van der Waals surface area contributed by atoms with Gasteiger partial charge in [-0.05, 0) is 18.6 Å². The zero-order valence-corrected chi connectivity index (χ0v) is 11.5. The van der Waals surface area contributed by atoms with E-state index in [4.69, 9.17) is 0 Å². The van der Waals surface area contributed by atoms with Gasteiger partial charge in [0, 0.05) is 42.3 Å². The molecule has 3 N–H and O–H groups in total. The Balaban J connectivity index is 1.93. The van der Waals surface area contributed by atoms with E-state index < -0.39 is 0 Å². The summed E-state index contributed by atoms with van der Waals surface area (Å²) in [6, 6.07) is 9.04. The van der Waals surface area contributed by atoms with Crippen molar-refractivity contribution >= 4 is 10.9 Å². The third-order valence-corrected chi connectivity index (χ3v) is 3.18. The molecule has 0 unspecified atom stereocenters. The molecule has 98 valence electrons. The summed E-state index contributed by atoms with van der Waals surface area (Å²) in [5.41, 5.74) is 3.88. The summed E-state index contributed by atoms with van der Waals surface area (Å²) in [5, 5.41) is 8.23. The molecule has 3 nitrogen and oxygen atoms in total. The van der Waals surface area contributed by atoms with Crippen LogP contribution in [0.3, 0.4) is 0 Å². The molecule has 0 saturated heterocycles. The average molecular weight is 245 g/mol. The van der Waals surface area contributed by atoms with Crippen molar-refractivity contribution in [1.82, 2.24) is 15.6 Å². The van der Waals surface area contributed by atoms with E-state index in [1.54, 1.807) is 0 Å². The van der Waals surface area contributed by atoms with Gasteiger partial charge in [0.1, 0.15) is 0 Å². The molecule has 1 aromatic carbocycles. The van der Waals surface area contributed by atoms with E-state index in [-0.39, 0.29) is 0 Å². The second-order valence-electron chi connectivity index (χ2n) is 5.06. The van der Waals surface area contributed by atoms with E-state index in [2.05, 4.69) is 60.7 Å². The van der Waals surface area contributed by atoms with Crippen LogP contribution in [0.1, 0.15) is 25.1 Å². The summed E-state index contributed by atoms with van der Waals surface area (Å²) in [6.07, 6.45) is 0. The van der Waals surface area contributed by atoms with E-state index in [0.29, 0.717) is 6.04 Å². The average Bonchev–Trinajstić information content (AvgIpc) is 2.65. The minimum atomic E-state index is 0.557. The Morgan fingerprint density at radius 3 is 2.72 bits per heavy atom. The molecule has 0 amide bonds. The van der Waals surface area contributed by atoms with Crippen LogP contribution in [0.2, 0.25) is 0 Å². The maximum atomic E-state index is 3.49. The van der Waals surface area contributed by atoms with Crippen molar-refractivity contribution < 1.29 is 0 Å². The van der Waals surface area contributed by atoms with Crippen LogP contribution in [-0.4, -0.2) is 24.1 Å². The molecular weight excluding hydrogens is 222 g/mol. The number of aromatic nitrogens is 1. The van der Waals surface area contributed by atoms with Gasteiger partial charge in [0.25, 0.3) is 0 Å². The van der Waals surface area contributed by atoms with Gasteiger partial charge in [-0.3, -0.25) is 0 Å². The zero-order chi connectivity index (χ0) is 13.0. The predicted octanol–water partition coefficient (Wildman–Crippen LogP) is 2.56. The normalized spacial score (nSPS) is 11.6. The molecule has 0 radical (unpaired) electrons. The van der Waals surface area contributed by atoms with Crippen LogP contribution in [0.5, 0.6) is 0 Å². The number of rotatable bonds is 6. The lowest BCUT2D eigenvalue weighted by molar-refractivity contribution is 0.556. The summed E-state index contributed by atoms with van der Waals surface area (Å²) in [4.78, 5) is 3.43. The largest absolute Gasteiger partial charge is 0.358 e. The lowest BCUT2D eigenvalue weighted by atomic mass is 10.1. The monoisotopic (exact) mass is 245 g/mol. The number of aromatic amines is 1. The van der Waals surface area contributed by atoms with Crippen molar-refractivity contribution in [1.29, 1.82) is 0 Å². The van der Waals surface area contributed by atoms with Gasteiger partial charge in [-0.1, -0.05) is 32.0 Å². The van der Waals surface area contributed by atoms with Gasteiger partial charge in [-0.15, -0.1) is 0 Å². The fraction of sp³-hybridized carbons (Fsp3) is 0.467. The number of benzene rings is 1. The summed E-state index contributed by atoms with van der Waals surface area (Å²) in [5.74, 6) is 0. The molecule has 18 heavy (non-hydrogen) atoms. The lowest BCUT2D eigenvalue weighted by Crippen LogP contribution is -2.31. The number of hydrogen-bond acceptors (Lipinski definition) is 2. The number of nitrogens with one attached hydrogen (secondary N) is 3. The van der Waals surface area contributed by atoms with E-state index in [1.165, 1.54) is 22.2 Å². The van der Waals surface area contributed by atoms with Crippen LogP contribution >= 0.6 is 0 Å². The molecule has 0 aliphatic carbocycles. The number of para-hydroxylation sites is 1. The highest BCUT2D eigenvalue weighted by molar-refractivity contribution is 5.84. The summed E-state index contributed by atoms with van der Waals surface area (Å²) < 4.78 is 0. The summed E-state index contributed by atoms with van der Waals surface area (Å²) >= 11 is 0. The molecule has 0 bridgehead atoms. The molecule has 0 aliphatic rings. The maximum Gasteiger partial charge on any atom is 0.0459 e. The topological polar surface area (TPSA) is 39.9 Å². The van der Waals surface area contributed by atoms with Crippen LogP contribution in [0, 0.1) is 6.92 Å². The van der Waals surface area contributed by atoms with Crippen molar-refractivity contribution in [2.75, 3.05) is 13.1 Å². The summed E-state index contributed by atoms with van der Waals surface area (Å²) in [6.45, 7) is 9.42. The van der Waals surface area contributed by atoms with Crippen molar-refractivity contribution in [3.63, 3.8) is 0 Å². The molecular formula is C15H23N3. The van der Waals surface area contributed by atoms with Gasteiger partial charge in [0.05, 0.1) is 0 Å². The molecule has 0 saturated carbocycles. The molecule has 0 fully saturated rings. The SMILES string of the molecule is Cc1[nH]c2ccccc2c1CNCCNC(C)C. The van der Waals surface area contributed by atoms with Gasteiger partial charge in [0.2, 0.25) is 0 Å². The molecule has 3 heteroatoms. The predicted molar refractivity (Wildman–Crippen MR) is 77.9 cm³/mol. The molecule has 2 rings (SSSR count). The second-order valence-corrected chi connectivity index (χ2v) is 5.06. The Labute approximate surface area is 109 Å². The van der Waals surface area contributed by atoms with Crippen molar-refractivity contribution in [2.45, 2.75) is 33.4 Å². The molecule has 1 heterocycles. The maximum absolute atomic E-state index is 3.49. The van der Waals surface area contributed by atoms with Crippen LogP contribution in [0.4, 0.5) is 0 Å². The third-order valence-electron chi connectivity index (χ3n) is 3.18. The van der Waals surface area contributed by atoms with Gasteiger partial charge in [-0.25, -0.2) is 0 Å². The molecule has 1 aromatic heterocycles. The minimum absolute atomic E-state index is 0.557. The molecule has 0 spiro atoms. The highest BCUT2D eigenvalue weighted by Gasteiger charge is 2.06. The highest BCUT2D eigenvalue weighted by Crippen LogP contribution is 2.21. The fourth-order valence-electron chi connectivity index (χ4n) is 2.23. The lowest BCUT2D eigenvalue weighted by Gasteiger charge is -2.09. The van der Waals surface area contributed by atoms with Crippen LogP contribution in [-0.2, 0) is 6.54 Å². The first-order chi connectivity index (χ1) is 8.68. The first-order valence-corrected chi connectivity index (χ1v) is 6.68. The van der Waals surface area contributed by atoms with E-state index in [9.17, 15) is 0 Å². The van der Waals surface area contributed by atoms with E-state index in [1.807, 2.05) is 0 Å². The quantitative estimate of drug-likeness (QED) is 0.685. The number of hydrogen-bond donors (Lipinski definition) is 3. The molecule has 0 atom stereocenters. The Morgan fingerprint density at radius 1 is 1.17 bits per heavy atom. The van der Waals surface area contributed by atoms with Gasteiger partial charge in [-0.2, -0.15) is 0 Å². The number of fused-ring (bicyclic) bond motifs is 1. The van der Waals surface area contributed by atoms with Crippen LogP contribution in [0.25, 0.3) is 10.9 Å².